The van der Waals surface area contributed by atoms with E-state index in [2.05, 4.69) is 17.4 Å². The molecule has 28 heavy (non-hydrogen) atoms. The van der Waals surface area contributed by atoms with Crippen LogP contribution >= 0.6 is 11.8 Å². The normalized spacial score (nSPS) is 16.1. The van der Waals surface area contributed by atoms with Crippen molar-refractivity contribution in [2.24, 2.45) is 0 Å². The Morgan fingerprint density at radius 3 is 2.21 bits per heavy atom. The highest BCUT2D eigenvalue weighted by atomic mass is 32.2. The first kappa shape index (κ1) is 18.4. The fourth-order valence-corrected chi connectivity index (χ4v) is 4.58. The number of thioether (sulfide) groups is 1. The van der Waals surface area contributed by atoms with Crippen LogP contribution in [0.5, 0.6) is 5.75 Å². The van der Waals surface area contributed by atoms with Gasteiger partial charge in [0.05, 0.1) is 12.1 Å². The molecule has 0 radical (unpaired) electrons. The number of benzene rings is 3. The topological polar surface area (TPSA) is 38.3 Å². The molecule has 1 aliphatic heterocycles. The lowest BCUT2D eigenvalue weighted by Gasteiger charge is -2.12. The summed E-state index contributed by atoms with van der Waals surface area (Å²) in [5.41, 5.74) is 3.73. The number of rotatable bonds is 6. The minimum Gasteiger partial charge on any atom is -0.497 e. The van der Waals surface area contributed by atoms with E-state index < -0.39 is 0 Å². The SMILES string of the molecule is COc1ccc(NC2=C(C(=O)c3ccccc3)CC(c3ccccc3)S2)cc1. The molecule has 4 heteroatoms. The first-order valence-corrected chi connectivity index (χ1v) is 10.1. The van der Waals surface area contributed by atoms with Gasteiger partial charge in [-0.15, -0.1) is 0 Å². The Morgan fingerprint density at radius 1 is 0.929 bits per heavy atom. The largest absolute Gasteiger partial charge is 0.497 e. The minimum absolute atomic E-state index is 0.0857. The zero-order valence-electron chi connectivity index (χ0n) is 15.6. The monoisotopic (exact) mass is 387 g/mol. The molecule has 3 aromatic rings. The van der Waals surface area contributed by atoms with Crippen LogP contribution in [0.4, 0.5) is 5.69 Å². The molecule has 0 amide bonds. The fourth-order valence-electron chi connectivity index (χ4n) is 3.26. The second-order valence-electron chi connectivity index (χ2n) is 6.58. The molecule has 0 bridgehead atoms. The number of carbonyl (C=O) groups excluding carboxylic acids is 1. The predicted molar refractivity (Wildman–Crippen MR) is 116 cm³/mol. The maximum Gasteiger partial charge on any atom is 0.191 e. The molecular weight excluding hydrogens is 366 g/mol. The molecule has 1 heterocycles. The van der Waals surface area contributed by atoms with E-state index >= 15 is 0 Å². The first-order chi connectivity index (χ1) is 13.7. The van der Waals surface area contributed by atoms with E-state index in [1.807, 2.05) is 72.8 Å². The highest BCUT2D eigenvalue weighted by Crippen LogP contribution is 2.48. The summed E-state index contributed by atoms with van der Waals surface area (Å²) in [6.07, 6.45) is 0.709. The quantitative estimate of drug-likeness (QED) is 0.520. The lowest BCUT2D eigenvalue weighted by atomic mass is 9.98. The maximum absolute atomic E-state index is 13.2. The van der Waals surface area contributed by atoms with Gasteiger partial charge in [-0.25, -0.2) is 0 Å². The Hall–Kier alpha value is -2.98. The molecule has 0 saturated heterocycles. The van der Waals surface area contributed by atoms with Crippen molar-refractivity contribution in [3.05, 3.63) is 107 Å². The molecule has 0 fully saturated rings. The summed E-state index contributed by atoms with van der Waals surface area (Å²) in [5.74, 6) is 0.892. The van der Waals surface area contributed by atoms with E-state index in [-0.39, 0.29) is 11.0 Å². The van der Waals surface area contributed by atoms with E-state index in [1.165, 1.54) is 5.56 Å². The molecule has 1 N–H and O–H groups in total. The summed E-state index contributed by atoms with van der Waals surface area (Å²) in [7, 11) is 1.65. The number of methoxy groups -OCH3 is 1. The van der Waals surface area contributed by atoms with Gasteiger partial charge in [-0.1, -0.05) is 72.4 Å². The van der Waals surface area contributed by atoms with Gasteiger partial charge < -0.3 is 10.1 Å². The van der Waals surface area contributed by atoms with Crippen LogP contribution in [0.25, 0.3) is 0 Å². The van der Waals surface area contributed by atoms with Gasteiger partial charge in [0.25, 0.3) is 0 Å². The molecular formula is C24H21NO2S. The number of Topliss-reactive ketones (excluding diaryl/α,β-unsaturated/α-hetero) is 1. The van der Waals surface area contributed by atoms with Crippen molar-refractivity contribution in [1.82, 2.24) is 0 Å². The summed E-state index contributed by atoms with van der Waals surface area (Å²) in [6.45, 7) is 0. The standard InChI is InChI=1S/C24H21NO2S/c1-27-20-14-12-19(13-15-20)25-24-21(23(26)18-10-6-3-7-11-18)16-22(28-24)17-8-4-2-5-9-17/h2-15,22,25H,16H2,1H3. The Balaban J connectivity index is 1.64. The molecule has 3 aromatic carbocycles. The van der Waals surface area contributed by atoms with E-state index in [9.17, 15) is 4.79 Å². The summed E-state index contributed by atoms with van der Waals surface area (Å²) in [6, 6.07) is 27.6. The lowest BCUT2D eigenvalue weighted by molar-refractivity contribution is 0.103. The van der Waals surface area contributed by atoms with Gasteiger partial charge in [0.1, 0.15) is 5.75 Å². The molecule has 4 rings (SSSR count). The van der Waals surface area contributed by atoms with E-state index in [0.29, 0.717) is 6.42 Å². The molecule has 1 unspecified atom stereocenters. The van der Waals surface area contributed by atoms with E-state index in [0.717, 1.165) is 27.6 Å². The second-order valence-corrected chi connectivity index (χ2v) is 7.79. The van der Waals surface area contributed by atoms with Crippen molar-refractivity contribution in [2.45, 2.75) is 11.7 Å². The molecule has 140 valence electrons. The molecule has 0 aromatic heterocycles. The number of anilines is 1. The average molecular weight is 388 g/mol. The fraction of sp³-hybridized carbons (Fsp3) is 0.125. The molecule has 1 atom stereocenters. The third-order valence-corrected chi connectivity index (χ3v) is 6.06. The number of carbonyl (C=O) groups is 1. The highest BCUT2D eigenvalue weighted by Gasteiger charge is 2.31. The number of hydrogen-bond donors (Lipinski definition) is 1. The van der Waals surface area contributed by atoms with Crippen molar-refractivity contribution < 1.29 is 9.53 Å². The van der Waals surface area contributed by atoms with Crippen molar-refractivity contribution in [3.8, 4) is 5.75 Å². The second kappa shape index (κ2) is 8.36. The number of hydrogen-bond acceptors (Lipinski definition) is 4. The van der Waals surface area contributed by atoms with E-state index in [1.54, 1.807) is 18.9 Å². The lowest BCUT2D eigenvalue weighted by Crippen LogP contribution is -2.07. The van der Waals surface area contributed by atoms with Crippen LogP contribution in [0.3, 0.4) is 0 Å². The smallest absolute Gasteiger partial charge is 0.191 e. The molecule has 0 aliphatic carbocycles. The highest BCUT2D eigenvalue weighted by molar-refractivity contribution is 8.03. The Bertz CT molecular complexity index is 982. The van der Waals surface area contributed by atoms with Crippen LogP contribution < -0.4 is 10.1 Å². The van der Waals surface area contributed by atoms with Gasteiger partial charge in [-0.3, -0.25) is 4.79 Å². The zero-order valence-corrected chi connectivity index (χ0v) is 16.4. The Labute approximate surface area is 169 Å². The van der Waals surface area contributed by atoms with Crippen molar-refractivity contribution >= 4 is 23.2 Å². The third-order valence-electron chi connectivity index (χ3n) is 4.75. The van der Waals surface area contributed by atoms with Gasteiger partial charge in [-0.2, -0.15) is 0 Å². The average Bonchev–Trinajstić information content (AvgIpc) is 3.19. The molecule has 0 saturated carbocycles. The summed E-state index contributed by atoms with van der Waals surface area (Å²) >= 11 is 1.72. The Morgan fingerprint density at radius 2 is 1.57 bits per heavy atom. The molecule has 1 aliphatic rings. The van der Waals surface area contributed by atoms with Gasteiger partial charge in [0.2, 0.25) is 0 Å². The molecule has 0 spiro atoms. The zero-order chi connectivity index (χ0) is 19.3. The summed E-state index contributed by atoms with van der Waals surface area (Å²) < 4.78 is 5.23. The number of ether oxygens (including phenoxy) is 1. The number of ketones is 1. The third kappa shape index (κ3) is 3.97. The van der Waals surface area contributed by atoms with Crippen molar-refractivity contribution in [2.75, 3.05) is 12.4 Å². The molecule has 3 nitrogen and oxygen atoms in total. The van der Waals surface area contributed by atoms with Crippen LogP contribution in [0.15, 0.2) is 95.5 Å². The van der Waals surface area contributed by atoms with E-state index in [4.69, 9.17) is 4.74 Å². The maximum atomic E-state index is 13.2. The summed E-state index contributed by atoms with van der Waals surface area (Å²) in [5, 5.41) is 4.61. The van der Waals surface area contributed by atoms with Crippen LogP contribution in [-0.2, 0) is 0 Å². The van der Waals surface area contributed by atoms with Crippen molar-refractivity contribution in [1.29, 1.82) is 0 Å². The first-order valence-electron chi connectivity index (χ1n) is 9.20. The van der Waals surface area contributed by atoms with Gasteiger partial charge in [0, 0.05) is 22.1 Å². The van der Waals surface area contributed by atoms with Crippen molar-refractivity contribution in [3.63, 3.8) is 0 Å². The minimum atomic E-state index is 0.0857. The number of allylic oxidation sites excluding steroid dienone is 1. The van der Waals surface area contributed by atoms with Gasteiger partial charge in [0.15, 0.2) is 5.78 Å². The van der Waals surface area contributed by atoms with Gasteiger partial charge >= 0.3 is 0 Å². The van der Waals surface area contributed by atoms with Crippen LogP contribution in [-0.4, -0.2) is 12.9 Å². The van der Waals surface area contributed by atoms with Gasteiger partial charge in [-0.05, 0) is 36.2 Å². The number of nitrogens with one attached hydrogen (secondary N) is 1. The van der Waals surface area contributed by atoms with Crippen LogP contribution in [0.2, 0.25) is 0 Å². The van der Waals surface area contributed by atoms with Crippen LogP contribution in [0, 0.1) is 0 Å². The Kier molecular flexibility index (Phi) is 5.49. The predicted octanol–water partition coefficient (Wildman–Crippen LogP) is 6.08. The van der Waals surface area contributed by atoms with Crippen LogP contribution in [0.1, 0.15) is 27.6 Å². The summed E-state index contributed by atoms with van der Waals surface area (Å²) in [4.78, 5) is 13.2.